The van der Waals surface area contributed by atoms with Gasteiger partial charge in [-0.15, -0.1) is 0 Å². The lowest BCUT2D eigenvalue weighted by Crippen LogP contribution is -2.48. The number of rotatable bonds is 17. The van der Waals surface area contributed by atoms with E-state index in [-0.39, 0.29) is 24.3 Å². The van der Waals surface area contributed by atoms with Crippen molar-refractivity contribution in [2.45, 2.75) is 63.2 Å². The molecule has 0 spiro atoms. The highest BCUT2D eigenvalue weighted by Crippen LogP contribution is 2.34. The number of aromatic amines is 1. The summed E-state index contributed by atoms with van der Waals surface area (Å²) in [6.07, 6.45) is 1.37. The molecule has 0 aliphatic rings. The number of ether oxygens (including phenoxy) is 2. The Labute approximate surface area is 256 Å². The van der Waals surface area contributed by atoms with Gasteiger partial charge in [-0.05, 0) is 88.1 Å². The number of nitrogens with zero attached hydrogens (tertiary/aromatic N) is 1. The molecule has 0 aliphatic carbocycles. The zero-order valence-corrected chi connectivity index (χ0v) is 25.9. The lowest BCUT2D eigenvalue weighted by atomic mass is 10.0. The number of aromatic nitrogens is 2. The first-order valence-corrected chi connectivity index (χ1v) is 15.3. The molecule has 5 N–H and O–H groups in total. The first-order valence-electron chi connectivity index (χ1n) is 14.3. The van der Waals surface area contributed by atoms with Crippen molar-refractivity contribution in [2.24, 2.45) is 0 Å². The van der Waals surface area contributed by atoms with Crippen LogP contribution in [0.15, 0.2) is 53.7 Å². The number of thioether (sulfide) groups is 1. The molecule has 12 heteroatoms. The summed E-state index contributed by atoms with van der Waals surface area (Å²) in [6.45, 7) is 4.02. The SMILES string of the molecule is COc1ccc(-c2nc(SCCCC(=O)NC(CCCCNC(=O)O)C(=O)NC(C)C)[nH]c2-c2ccc(OC)cc2)cc1. The van der Waals surface area contributed by atoms with E-state index in [1.165, 1.54) is 11.8 Å². The molecule has 0 radical (unpaired) electrons. The molecule has 3 rings (SSSR count). The van der Waals surface area contributed by atoms with E-state index in [9.17, 15) is 14.4 Å². The van der Waals surface area contributed by atoms with E-state index in [1.807, 2.05) is 62.4 Å². The number of hydrogen-bond acceptors (Lipinski definition) is 7. The van der Waals surface area contributed by atoms with Gasteiger partial charge in [0.25, 0.3) is 0 Å². The van der Waals surface area contributed by atoms with Crippen molar-refractivity contribution in [3.63, 3.8) is 0 Å². The minimum atomic E-state index is -1.08. The molecule has 1 aromatic heterocycles. The minimum Gasteiger partial charge on any atom is -0.497 e. The van der Waals surface area contributed by atoms with Crippen LogP contribution in [0.25, 0.3) is 22.5 Å². The van der Waals surface area contributed by atoms with Crippen LogP contribution in [0, 0.1) is 0 Å². The van der Waals surface area contributed by atoms with Crippen LogP contribution in [0.4, 0.5) is 4.79 Å². The van der Waals surface area contributed by atoms with E-state index in [2.05, 4.69) is 20.9 Å². The predicted molar refractivity (Wildman–Crippen MR) is 168 cm³/mol. The zero-order valence-electron chi connectivity index (χ0n) is 25.1. The third kappa shape index (κ3) is 10.9. The first-order chi connectivity index (χ1) is 20.7. The molecule has 232 valence electrons. The van der Waals surface area contributed by atoms with Crippen LogP contribution in [-0.2, 0) is 9.59 Å². The summed E-state index contributed by atoms with van der Waals surface area (Å²) in [5.41, 5.74) is 3.60. The van der Waals surface area contributed by atoms with Gasteiger partial charge < -0.3 is 35.5 Å². The second kappa shape index (κ2) is 17.1. The molecule has 3 aromatic rings. The van der Waals surface area contributed by atoms with E-state index in [1.54, 1.807) is 14.2 Å². The highest BCUT2D eigenvalue weighted by molar-refractivity contribution is 7.99. The second-order valence-electron chi connectivity index (χ2n) is 10.2. The number of benzene rings is 2. The van der Waals surface area contributed by atoms with Gasteiger partial charge in [-0.25, -0.2) is 9.78 Å². The Morgan fingerprint density at radius 2 is 1.53 bits per heavy atom. The molecular weight excluding hydrogens is 570 g/mol. The fraction of sp³-hybridized carbons (Fsp3) is 0.419. The summed E-state index contributed by atoms with van der Waals surface area (Å²) >= 11 is 1.53. The summed E-state index contributed by atoms with van der Waals surface area (Å²) in [5.74, 6) is 1.73. The maximum atomic E-state index is 12.7. The maximum Gasteiger partial charge on any atom is 0.404 e. The van der Waals surface area contributed by atoms with Crippen molar-refractivity contribution in [1.29, 1.82) is 0 Å². The quantitative estimate of drug-likeness (QED) is 0.105. The molecule has 2 aromatic carbocycles. The summed E-state index contributed by atoms with van der Waals surface area (Å²) in [7, 11) is 3.26. The number of methoxy groups -OCH3 is 2. The molecular formula is C31H41N5O6S. The van der Waals surface area contributed by atoms with E-state index in [0.29, 0.717) is 38.0 Å². The Kier molecular flexibility index (Phi) is 13.2. The minimum absolute atomic E-state index is 0.0594. The Morgan fingerprint density at radius 3 is 2.12 bits per heavy atom. The zero-order chi connectivity index (χ0) is 31.2. The molecule has 0 aliphatic heterocycles. The third-order valence-electron chi connectivity index (χ3n) is 6.49. The van der Waals surface area contributed by atoms with Crippen LogP contribution in [0.5, 0.6) is 11.5 Å². The molecule has 1 heterocycles. The van der Waals surface area contributed by atoms with Gasteiger partial charge in [0.15, 0.2) is 5.16 Å². The van der Waals surface area contributed by atoms with Crippen LogP contribution < -0.4 is 25.4 Å². The summed E-state index contributed by atoms with van der Waals surface area (Å²) in [6, 6.07) is 14.8. The third-order valence-corrected chi connectivity index (χ3v) is 7.45. The van der Waals surface area contributed by atoms with Crippen molar-refractivity contribution in [1.82, 2.24) is 25.9 Å². The number of carbonyl (C=O) groups excluding carboxylic acids is 2. The maximum absolute atomic E-state index is 12.7. The van der Waals surface area contributed by atoms with Gasteiger partial charge in [-0.3, -0.25) is 9.59 Å². The fourth-order valence-corrected chi connectivity index (χ4v) is 5.15. The van der Waals surface area contributed by atoms with Crippen LogP contribution in [-0.4, -0.2) is 71.6 Å². The molecule has 11 nitrogen and oxygen atoms in total. The smallest absolute Gasteiger partial charge is 0.404 e. The number of H-pyrrole nitrogens is 1. The van der Waals surface area contributed by atoms with E-state index >= 15 is 0 Å². The number of nitrogens with one attached hydrogen (secondary N) is 4. The van der Waals surface area contributed by atoms with E-state index < -0.39 is 12.1 Å². The van der Waals surface area contributed by atoms with E-state index in [4.69, 9.17) is 19.6 Å². The van der Waals surface area contributed by atoms with Crippen molar-refractivity contribution >= 4 is 29.7 Å². The van der Waals surface area contributed by atoms with Crippen molar-refractivity contribution < 1.29 is 29.0 Å². The van der Waals surface area contributed by atoms with Gasteiger partial charge in [0, 0.05) is 35.9 Å². The average molecular weight is 612 g/mol. The normalized spacial score (nSPS) is 11.6. The van der Waals surface area contributed by atoms with E-state index in [0.717, 1.165) is 39.2 Å². The number of amides is 3. The average Bonchev–Trinajstić information content (AvgIpc) is 3.42. The molecule has 43 heavy (non-hydrogen) atoms. The van der Waals surface area contributed by atoms with Crippen LogP contribution in [0.3, 0.4) is 0 Å². The Morgan fingerprint density at radius 1 is 0.907 bits per heavy atom. The fourth-order valence-electron chi connectivity index (χ4n) is 4.34. The lowest BCUT2D eigenvalue weighted by Gasteiger charge is -2.20. The second-order valence-corrected chi connectivity index (χ2v) is 11.3. The standard InChI is InChI=1S/C31H41N5O6S/c1-20(2)33-29(38)25(8-5-6-18-32-31(39)40)34-26(37)9-7-19-43-30-35-27(21-10-14-23(41-3)15-11-21)28(36-30)22-12-16-24(42-4)17-13-22/h10-17,20,25,32H,5-9,18-19H2,1-4H3,(H,33,38)(H,34,37)(H,35,36)(H,39,40). The predicted octanol–water partition coefficient (Wildman–Crippen LogP) is 5.08. The van der Waals surface area contributed by atoms with Gasteiger partial charge in [0.2, 0.25) is 11.8 Å². The van der Waals surface area contributed by atoms with Crippen molar-refractivity contribution in [3.05, 3.63) is 48.5 Å². The molecule has 1 unspecified atom stereocenters. The van der Waals surface area contributed by atoms with Gasteiger partial charge in [-0.2, -0.15) is 0 Å². The van der Waals surface area contributed by atoms with Gasteiger partial charge in [0.1, 0.15) is 17.5 Å². The van der Waals surface area contributed by atoms with Gasteiger partial charge in [-0.1, -0.05) is 11.8 Å². The highest BCUT2D eigenvalue weighted by Gasteiger charge is 2.21. The Hall–Kier alpha value is -4.19. The number of unbranched alkanes of at least 4 members (excludes halogenated alkanes) is 1. The number of carbonyl (C=O) groups is 3. The lowest BCUT2D eigenvalue weighted by molar-refractivity contribution is -0.129. The van der Waals surface area contributed by atoms with Crippen molar-refractivity contribution in [2.75, 3.05) is 26.5 Å². The molecule has 0 saturated carbocycles. The number of hydrogen-bond donors (Lipinski definition) is 5. The Balaban J connectivity index is 1.60. The van der Waals surface area contributed by atoms with Gasteiger partial charge >= 0.3 is 6.09 Å². The molecule has 3 amide bonds. The monoisotopic (exact) mass is 611 g/mol. The highest BCUT2D eigenvalue weighted by atomic mass is 32.2. The summed E-state index contributed by atoms with van der Waals surface area (Å²) < 4.78 is 10.6. The van der Waals surface area contributed by atoms with Crippen LogP contribution in [0.2, 0.25) is 0 Å². The molecule has 0 fully saturated rings. The number of carboxylic acid groups (broad SMARTS) is 1. The summed E-state index contributed by atoms with van der Waals surface area (Å²) in [5, 5.41) is 17.5. The van der Waals surface area contributed by atoms with Crippen molar-refractivity contribution in [3.8, 4) is 34.0 Å². The number of imidazole rings is 1. The van der Waals surface area contributed by atoms with Crippen LogP contribution >= 0.6 is 11.8 Å². The first kappa shape index (κ1) is 33.3. The molecule has 1 atom stereocenters. The topological polar surface area (TPSA) is 155 Å². The van der Waals surface area contributed by atoms with Crippen LogP contribution in [0.1, 0.15) is 46.0 Å². The molecule has 0 saturated heterocycles. The molecule has 0 bridgehead atoms. The Bertz CT molecular complexity index is 1260. The van der Waals surface area contributed by atoms with Gasteiger partial charge in [0.05, 0.1) is 25.6 Å². The largest absolute Gasteiger partial charge is 0.497 e. The summed E-state index contributed by atoms with van der Waals surface area (Å²) in [4.78, 5) is 44.3.